The summed E-state index contributed by atoms with van der Waals surface area (Å²) in [6.45, 7) is 7.13. The molecule has 0 bridgehead atoms. The first-order valence-corrected chi connectivity index (χ1v) is 17.6. The van der Waals surface area contributed by atoms with Crippen LogP contribution in [0.15, 0.2) is 109 Å². The van der Waals surface area contributed by atoms with Gasteiger partial charge in [-0.25, -0.2) is 6.61 Å². The molecule has 4 aromatic rings. The third-order valence-corrected chi connectivity index (χ3v) is 8.42. The fraction of sp³-hybridized carbons (Fsp3) is 0.188. The van der Waals surface area contributed by atoms with E-state index in [0.717, 1.165) is 13.0 Å². The molecule has 0 saturated carbocycles. The van der Waals surface area contributed by atoms with Crippen LogP contribution in [0, 0.1) is 27.9 Å². The summed E-state index contributed by atoms with van der Waals surface area (Å²) in [6.07, 6.45) is 2.38. The van der Waals surface area contributed by atoms with Gasteiger partial charge in [0.15, 0.2) is 0 Å². The summed E-state index contributed by atoms with van der Waals surface area (Å²) in [6, 6.07) is 38.7. The molecule has 0 radical (unpaired) electrons. The Hall–Kier alpha value is -1.86. The molecule has 0 aliphatic carbocycles. The number of ether oxygens (including phenoxy) is 1. The predicted octanol–water partition coefficient (Wildman–Crippen LogP) is 8.57. The van der Waals surface area contributed by atoms with Crippen LogP contribution in [0.3, 0.4) is 0 Å². The van der Waals surface area contributed by atoms with Crippen LogP contribution in [0.2, 0.25) is 0 Å². The van der Waals surface area contributed by atoms with Gasteiger partial charge in [0.05, 0.1) is 0 Å². The standard InChI is InChI=1S/C27H27N2P.C4H7O.CH3.2ClH.Cr/c1-21-13-12-14-22(2)26(21)28-27(23-15-6-3-7-16-23)29-30(24-17-8-4-9-18-24)25-19-10-5-11-20-25;1-2-4-5-3-1;;;;/h3-20,27-29H,1-2H3;3H,1-2,4H2;1H3;2*1H;/q;2*-1;;;+2/p-1. The summed E-state index contributed by atoms with van der Waals surface area (Å²) in [5, 5.41) is 10.5. The van der Waals surface area contributed by atoms with E-state index in [1.54, 1.807) is 0 Å². The van der Waals surface area contributed by atoms with Gasteiger partial charge in [-0.15, -0.1) is 0 Å². The summed E-state index contributed by atoms with van der Waals surface area (Å²) in [5.41, 5.74) is 4.94. The summed E-state index contributed by atoms with van der Waals surface area (Å²) in [4.78, 5) is 0. The molecule has 208 valence electrons. The van der Waals surface area contributed by atoms with E-state index in [2.05, 4.69) is 133 Å². The van der Waals surface area contributed by atoms with Crippen molar-refractivity contribution < 1.29 is 18.1 Å². The summed E-state index contributed by atoms with van der Waals surface area (Å²) in [5.74, 6) is 0. The zero-order chi connectivity index (χ0) is 27.0. The predicted molar refractivity (Wildman–Crippen MR) is 170 cm³/mol. The van der Waals surface area contributed by atoms with Crippen LogP contribution in [0.1, 0.15) is 35.7 Å². The van der Waals surface area contributed by atoms with E-state index >= 15 is 0 Å². The molecule has 0 aromatic heterocycles. The molecule has 4 aromatic carbocycles. The summed E-state index contributed by atoms with van der Waals surface area (Å²) < 4.78 is 4.82. The van der Waals surface area contributed by atoms with Gasteiger partial charge in [-0.05, 0) is 54.8 Å². The van der Waals surface area contributed by atoms with E-state index < -0.39 is 8.07 Å². The first kappa shape index (κ1) is 33.3. The van der Waals surface area contributed by atoms with E-state index in [1.165, 1.54) is 39.4 Å². The Kier molecular flexibility index (Phi) is 16.5. The Bertz CT molecular complexity index is 1120. The average molecular weight is 621 g/mol. The maximum atomic E-state index is 4.83. The van der Waals surface area contributed by atoms with Crippen molar-refractivity contribution in [2.75, 3.05) is 11.9 Å². The Labute approximate surface area is 251 Å². The third-order valence-electron chi connectivity index (χ3n) is 6.02. The first-order valence-electron chi connectivity index (χ1n) is 12.6. The maximum absolute atomic E-state index is 4.83. The van der Waals surface area contributed by atoms with Crippen molar-refractivity contribution in [3.63, 3.8) is 0 Å². The monoisotopic (exact) mass is 619 g/mol. The Morgan fingerprint density at radius 1 is 0.769 bits per heavy atom. The van der Waals surface area contributed by atoms with E-state index in [0.29, 0.717) is 0 Å². The van der Waals surface area contributed by atoms with Crippen molar-refractivity contribution >= 4 is 44.5 Å². The zero-order valence-corrected chi connectivity index (χ0v) is 26.5. The van der Waals surface area contributed by atoms with Gasteiger partial charge in [0.1, 0.15) is 24.8 Å². The molecule has 1 aliphatic rings. The molecule has 2 N–H and O–H groups in total. The average Bonchev–Trinajstić information content (AvgIpc) is 3.55. The number of hydrogen-bond acceptors (Lipinski definition) is 3. The van der Waals surface area contributed by atoms with Crippen LogP contribution in [0.25, 0.3) is 0 Å². The Morgan fingerprint density at radius 2 is 1.26 bits per heavy atom. The molecule has 5 rings (SSSR count). The number of para-hydroxylation sites is 1. The number of halogens is 2. The molecule has 1 aliphatic heterocycles. The van der Waals surface area contributed by atoms with Crippen LogP contribution < -0.4 is 21.0 Å². The second kappa shape index (κ2) is 19.3. The van der Waals surface area contributed by atoms with E-state index in [-0.39, 0.29) is 27.0 Å². The molecule has 0 spiro atoms. The van der Waals surface area contributed by atoms with Gasteiger partial charge in [-0.1, -0.05) is 91.3 Å². The van der Waals surface area contributed by atoms with Crippen molar-refractivity contribution in [1.29, 1.82) is 0 Å². The van der Waals surface area contributed by atoms with Crippen molar-refractivity contribution in [1.82, 2.24) is 5.09 Å². The zero-order valence-electron chi connectivity index (χ0n) is 22.7. The van der Waals surface area contributed by atoms with Gasteiger partial charge in [0.25, 0.3) is 0 Å². The molecule has 0 amide bonds. The molecular weight excluding hydrogens is 582 g/mol. The Morgan fingerprint density at radius 3 is 1.67 bits per heavy atom. The molecule has 1 fully saturated rings. The molecule has 7 heteroatoms. The van der Waals surface area contributed by atoms with E-state index in [1.807, 2.05) is 6.61 Å². The first-order chi connectivity index (χ1) is 18.6. The summed E-state index contributed by atoms with van der Waals surface area (Å²) in [7, 11) is 8.45. The van der Waals surface area contributed by atoms with Gasteiger partial charge in [0.2, 0.25) is 0 Å². The molecule has 1 atom stereocenters. The van der Waals surface area contributed by atoms with Gasteiger partial charge in [0, 0.05) is 12.3 Å². The van der Waals surface area contributed by atoms with Crippen molar-refractivity contribution in [3.05, 3.63) is 140 Å². The minimum atomic E-state index is -1.20. The normalized spacial score (nSPS) is 12.7. The quantitative estimate of drug-likeness (QED) is 0.123. The van der Waals surface area contributed by atoms with Crippen molar-refractivity contribution in [2.24, 2.45) is 0 Å². The third kappa shape index (κ3) is 11.3. The molecule has 39 heavy (non-hydrogen) atoms. The van der Waals surface area contributed by atoms with Gasteiger partial charge in [-0.2, -0.15) is 11.5 Å². The fourth-order valence-electron chi connectivity index (χ4n) is 4.14. The number of rotatable bonds is 7. The van der Waals surface area contributed by atoms with E-state index in [4.69, 9.17) is 24.8 Å². The molecule has 1 unspecified atom stereocenters. The molecule has 1 saturated heterocycles. The second-order valence-corrected chi connectivity index (χ2v) is 13.0. The van der Waals surface area contributed by atoms with E-state index in [9.17, 15) is 0 Å². The topological polar surface area (TPSA) is 33.3 Å². The number of anilines is 1. The molecular formula is C32H38Cl2CrN2OP-. The molecule has 1 heterocycles. The van der Waals surface area contributed by atoms with Gasteiger partial charge in [-0.3, -0.25) is 0 Å². The van der Waals surface area contributed by atoms with Crippen LogP contribution in [-0.2, 0) is 18.1 Å². The van der Waals surface area contributed by atoms with Gasteiger partial charge >= 0.3 is 33.5 Å². The number of aryl methyl sites for hydroxylation is 2. The van der Waals surface area contributed by atoms with Crippen LogP contribution in [0.4, 0.5) is 5.69 Å². The van der Waals surface area contributed by atoms with Gasteiger partial charge < -0.3 is 17.5 Å². The second-order valence-electron chi connectivity index (χ2n) is 8.74. The minimum absolute atomic E-state index is 0. The number of hydrogen-bond donors (Lipinski definition) is 2. The SMILES string of the molecule is Cc1cccc(C)c1NC(N[PH+](c1ccccc1)c1ccccc1)c1ccccc1.[CH-]1CCCO1.[CH3-].[Cl][Cr][Cl]. The van der Waals surface area contributed by atoms with Crippen molar-refractivity contribution in [2.45, 2.75) is 32.9 Å². The van der Waals surface area contributed by atoms with Crippen LogP contribution >= 0.6 is 28.2 Å². The van der Waals surface area contributed by atoms with Crippen LogP contribution in [0.5, 0.6) is 0 Å². The number of benzene rings is 4. The molecule has 3 nitrogen and oxygen atoms in total. The number of nitrogens with one attached hydrogen (secondary N) is 2. The summed E-state index contributed by atoms with van der Waals surface area (Å²) >= 11 is -0.181. The van der Waals surface area contributed by atoms with Crippen LogP contribution in [-0.4, -0.2) is 6.61 Å². The Balaban J connectivity index is 0.000000516. The van der Waals surface area contributed by atoms with Crippen molar-refractivity contribution in [3.8, 4) is 0 Å². The fourth-order valence-corrected chi connectivity index (χ4v) is 6.38.